The van der Waals surface area contributed by atoms with E-state index < -0.39 is 0 Å². The molecule has 5 heteroatoms. The zero-order valence-electron chi connectivity index (χ0n) is 12.4. The van der Waals surface area contributed by atoms with Crippen LogP contribution in [0.4, 0.5) is 4.39 Å². The molecular formula is C15H21FN2O2. The molecule has 0 aliphatic carbocycles. The smallest absolute Gasteiger partial charge is 0.310 e. The summed E-state index contributed by atoms with van der Waals surface area (Å²) in [7, 11) is 1.40. The zero-order valence-corrected chi connectivity index (χ0v) is 12.4. The average Bonchev–Trinajstić information content (AvgIpc) is 2.83. The van der Waals surface area contributed by atoms with Crippen molar-refractivity contribution in [3.05, 3.63) is 29.8 Å². The number of esters is 1. The van der Waals surface area contributed by atoms with E-state index in [0.29, 0.717) is 6.54 Å². The van der Waals surface area contributed by atoms with E-state index in [4.69, 9.17) is 4.74 Å². The molecule has 0 aromatic carbocycles. The van der Waals surface area contributed by atoms with Gasteiger partial charge in [-0.3, -0.25) is 14.7 Å². The van der Waals surface area contributed by atoms with Gasteiger partial charge in [0.2, 0.25) is 0 Å². The monoisotopic (exact) mass is 280 g/mol. The van der Waals surface area contributed by atoms with Crippen LogP contribution in [-0.2, 0) is 9.53 Å². The Morgan fingerprint density at radius 3 is 2.60 bits per heavy atom. The van der Waals surface area contributed by atoms with Gasteiger partial charge in [-0.1, -0.05) is 0 Å². The number of hydrogen-bond donors (Lipinski definition) is 0. The molecule has 1 aliphatic rings. The second-order valence-corrected chi connectivity index (χ2v) is 6.21. The Kier molecular flexibility index (Phi) is 4.09. The zero-order chi connectivity index (χ0) is 14.9. The van der Waals surface area contributed by atoms with Gasteiger partial charge >= 0.3 is 5.97 Å². The molecule has 2 rings (SSSR count). The fourth-order valence-electron chi connectivity index (χ4n) is 2.65. The van der Waals surface area contributed by atoms with Crippen LogP contribution in [0.25, 0.3) is 0 Å². The highest BCUT2D eigenvalue weighted by atomic mass is 19.1. The molecule has 0 unspecified atom stereocenters. The average molecular weight is 280 g/mol. The summed E-state index contributed by atoms with van der Waals surface area (Å²) < 4.78 is 17.9. The third-order valence-corrected chi connectivity index (χ3v) is 3.90. The molecule has 0 saturated carbocycles. The van der Waals surface area contributed by atoms with E-state index in [1.165, 1.54) is 19.4 Å². The van der Waals surface area contributed by atoms with Gasteiger partial charge in [0.15, 0.2) is 0 Å². The maximum atomic E-state index is 13.0. The van der Waals surface area contributed by atoms with Gasteiger partial charge in [0.25, 0.3) is 0 Å². The summed E-state index contributed by atoms with van der Waals surface area (Å²) in [4.78, 5) is 18.4. The fraction of sp³-hybridized carbons (Fsp3) is 0.600. The van der Waals surface area contributed by atoms with E-state index in [2.05, 4.69) is 30.7 Å². The number of ether oxygens (including phenoxy) is 1. The number of halogens is 1. The molecule has 20 heavy (non-hydrogen) atoms. The molecule has 1 aromatic rings. The van der Waals surface area contributed by atoms with Crippen molar-refractivity contribution in [2.24, 2.45) is 5.92 Å². The number of carbonyl (C=O) groups excluding carboxylic acids is 1. The van der Waals surface area contributed by atoms with Gasteiger partial charge in [0, 0.05) is 30.2 Å². The molecule has 1 fully saturated rings. The highest BCUT2D eigenvalue weighted by Gasteiger charge is 2.43. The van der Waals surface area contributed by atoms with Crippen LogP contribution in [-0.4, -0.2) is 41.6 Å². The van der Waals surface area contributed by atoms with Crippen molar-refractivity contribution < 1.29 is 13.9 Å². The molecule has 0 amide bonds. The molecule has 0 radical (unpaired) electrons. The first-order valence-corrected chi connectivity index (χ1v) is 6.77. The third-order valence-electron chi connectivity index (χ3n) is 3.90. The fourth-order valence-corrected chi connectivity index (χ4v) is 2.65. The summed E-state index contributed by atoms with van der Waals surface area (Å²) in [5.41, 5.74) is 0.717. The van der Waals surface area contributed by atoms with E-state index in [0.717, 1.165) is 12.2 Å². The van der Waals surface area contributed by atoms with Crippen molar-refractivity contribution in [3.63, 3.8) is 0 Å². The molecule has 4 nitrogen and oxygen atoms in total. The molecule has 0 spiro atoms. The molecule has 0 N–H and O–H groups in total. The van der Waals surface area contributed by atoms with E-state index in [9.17, 15) is 9.18 Å². The van der Waals surface area contributed by atoms with Crippen molar-refractivity contribution in [1.29, 1.82) is 0 Å². The Morgan fingerprint density at radius 1 is 1.40 bits per heavy atom. The maximum absolute atomic E-state index is 13.0. The second kappa shape index (κ2) is 5.48. The molecule has 2 heterocycles. The lowest BCUT2D eigenvalue weighted by Gasteiger charge is -2.31. The number of rotatable bonds is 2. The van der Waals surface area contributed by atoms with Crippen molar-refractivity contribution in [1.82, 2.24) is 9.88 Å². The first kappa shape index (κ1) is 14.9. The number of pyridine rings is 1. The largest absolute Gasteiger partial charge is 0.469 e. The summed E-state index contributed by atoms with van der Waals surface area (Å²) in [5, 5.41) is 0. The lowest BCUT2D eigenvalue weighted by molar-refractivity contribution is -0.145. The summed E-state index contributed by atoms with van der Waals surface area (Å²) in [6.07, 6.45) is 1.20. The van der Waals surface area contributed by atoms with E-state index >= 15 is 0 Å². The van der Waals surface area contributed by atoms with Crippen LogP contribution in [0.2, 0.25) is 0 Å². The highest BCUT2D eigenvalue weighted by Crippen LogP contribution is 2.35. The van der Waals surface area contributed by atoms with Gasteiger partial charge < -0.3 is 4.74 Å². The van der Waals surface area contributed by atoms with Gasteiger partial charge in [-0.05, 0) is 32.9 Å². The van der Waals surface area contributed by atoms with Crippen LogP contribution >= 0.6 is 0 Å². The van der Waals surface area contributed by atoms with Gasteiger partial charge in [-0.15, -0.1) is 0 Å². The van der Waals surface area contributed by atoms with Crippen LogP contribution < -0.4 is 0 Å². The number of likely N-dealkylation sites (tertiary alicyclic amines) is 1. The first-order valence-electron chi connectivity index (χ1n) is 6.77. The van der Waals surface area contributed by atoms with Gasteiger partial charge in [-0.2, -0.15) is 0 Å². The van der Waals surface area contributed by atoms with Crippen LogP contribution in [0.1, 0.15) is 32.4 Å². The molecule has 2 atom stereocenters. The highest BCUT2D eigenvalue weighted by molar-refractivity contribution is 5.74. The van der Waals surface area contributed by atoms with Crippen molar-refractivity contribution in [2.45, 2.75) is 32.2 Å². The molecular weight excluding hydrogens is 259 g/mol. The Bertz CT molecular complexity index is 482. The number of carbonyl (C=O) groups is 1. The summed E-state index contributed by atoms with van der Waals surface area (Å²) >= 11 is 0. The minimum absolute atomic E-state index is 0.0267. The third kappa shape index (κ3) is 2.98. The summed E-state index contributed by atoms with van der Waals surface area (Å²) in [6.45, 7) is 7.70. The number of nitrogens with zero attached hydrogens (tertiary/aromatic N) is 2. The minimum atomic E-state index is -0.367. The van der Waals surface area contributed by atoms with Crippen molar-refractivity contribution >= 4 is 5.97 Å². The van der Waals surface area contributed by atoms with Crippen molar-refractivity contribution in [3.8, 4) is 0 Å². The van der Waals surface area contributed by atoms with E-state index in [1.807, 2.05) is 0 Å². The van der Waals surface area contributed by atoms with E-state index in [-0.39, 0.29) is 29.2 Å². The predicted molar refractivity (Wildman–Crippen MR) is 73.8 cm³/mol. The summed E-state index contributed by atoms with van der Waals surface area (Å²) in [5.74, 6) is -0.902. The van der Waals surface area contributed by atoms with E-state index in [1.54, 1.807) is 6.07 Å². The quantitative estimate of drug-likeness (QED) is 0.779. The molecule has 1 aromatic heterocycles. The minimum Gasteiger partial charge on any atom is -0.469 e. The number of hydrogen-bond acceptors (Lipinski definition) is 4. The number of methoxy groups -OCH3 is 1. The molecule has 110 valence electrons. The SMILES string of the molecule is COC(=O)[C@@H]1CN(C(C)(C)C)C[C@H]1c1ccc(F)cn1. The van der Waals surface area contributed by atoms with Crippen molar-refractivity contribution in [2.75, 3.05) is 20.2 Å². The number of aromatic nitrogens is 1. The van der Waals surface area contributed by atoms with Crippen LogP contribution in [0.15, 0.2) is 18.3 Å². The lowest BCUT2D eigenvalue weighted by Crippen LogP contribution is -2.40. The molecule has 1 aliphatic heterocycles. The second-order valence-electron chi connectivity index (χ2n) is 6.21. The first-order chi connectivity index (χ1) is 9.32. The standard InChI is InChI=1S/C15H21FN2O2/c1-15(2,3)18-8-11(12(9-18)14(19)20-4)13-6-5-10(16)7-17-13/h5-7,11-12H,8-9H2,1-4H3/t11-,12-/m1/s1. The van der Waals surface area contributed by atoms with Crippen LogP contribution in [0, 0.1) is 11.7 Å². The Hall–Kier alpha value is -1.49. The lowest BCUT2D eigenvalue weighted by atomic mass is 9.92. The van der Waals surface area contributed by atoms with Gasteiger partial charge in [-0.25, -0.2) is 4.39 Å². The van der Waals surface area contributed by atoms with Crippen LogP contribution in [0.5, 0.6) is 0 Å². The Morgan fingerprint density at radius 2 is 2.10 bits per heavy atom. The Labute approximate surface area is 118 Å². The Balaban J connectivity index is 2.28. The molecule has 0 bridgehead atoms. The maximum Gasteiger partial charge on any atom is 0.310 e. The summed E-state index contributed by atoms with van der Waals surface area (Å²) in [6, 6.07) is 3.04. The normalized spacial score (nSPS) is 23.9. The molecule has 1 saturated heterocycles. The predicted octanol–water partition coefficient (Wildman–Crippen LogP) is 2.21. The van der Waals surface area contributed by atoms with Gasteiger partial charge in [0.1, 0.15) is 5.82 Å². The van der Waals surface area contributed by atoms with Crippen LogP contribution in [0.3, 0.4) is 0 Å². The van der Waals surface area contributed by atoms with Gasteiger partial charge in [0.05, 0.1) is 19.2 Å². The topological polar surface area (TPSA) is 42.4 Å².